The number of hydrogen-bond donors (Lipinski definition) is 1. The molecule has 0 fully saturated rings. The van der Waals surface area contributed by atoms with Crippen molar-refractivity contribution < 1.29 is 0 Å². The van der Waals surface area contributed by atoms with Gasteiger partial charge in [0.1, 0.15) is 0 Å². The molecular formula is C50H37N. The molecular weight excluding hydrogens is 615 g/mol. The highest BCUT2D eigenvalue weighted by molar-refractivity contribution is 5.99. The first-order valence-electron chi connectivity index (χ1n) is 18.0. The van der Waals surface area contributed by atoms with Gasteiger partial charge in [-0.1, -0.05) is 169 Å². The molecule has 1 spiro atoms. The van der Waals surface area contributed by atoms with Gasteiger partial charge in [0.25, 0.3) is 0 Å². The van der Waals surface area contributed by atoms with E-state index in [1.807, 2.05) is 0 Å². The molecule has 51 heavy (non-hydrogen) atoms. The predicted molar refractivity (Wildman–Crippen MR) is 213 cm³/mol. The summed E-state index contributed by atoms with van der Waals surface area (Å²) >= 11 is 0. The fourth-order valence-electron chi connectivity index (χ4n) is 9.78. The lowest BCUT2D eigenvalue weighted by atomic mass is 9.67. The molecule has 1 atom stereocenters. The Bertz CT molecular complexity index is 2540. The minimum atomic E-state index is -0.420. The Kier molecular flexibility index (Phi) is 6.51. The second-order valence-corrected chi connectivity index (χ2v) is 14.0. The molecule has 0 heterocycles. The lowest BCUT2D eigenvalue weighted by Gasteiger charge is -2.34. The molecule has 0 bridgehead atoms. The lowest BCUT2D eigenvalue weighted by molar-refractivity contribution is 0.747. The maximum absolute atomic E-state index is 3.99. The van der Waals surface area contributed by atoms with E-state index in [9.17, 15) is 0 Å². The molecule has 10 rings (SSSR count). The van der Waals surface area contributed by atoms with Crippen LogP contribution in [0.15, 0.2) is 188 Å². The van der Waals surface area contributed by atoms with Gasteiger partial charge < -0.3 is 5.32 Å². The molecule has 1 N–H and O–H groups in total. The van der Waals surface area contributed by atoms with Crippen LogP contribution in [0.1, 0.15) is 52.8 Å². The number of hydrogen-bond acceptors (Lipinski definition) is 1. The van der Waals surface area contributed by atoms with E-state index in [2.05, 4.69) is 201 Å². The van der Waals surface area contributed by atoms with Crippen molar-refractivity contribution in [3.63, 3.8) is 0 Å². The van der Waals surface area contributed by atoms with Gasteiger partial charge in [-0.15, -0.1) is 0 Å². The van der Waals surface area contributed by atoms with Crippen LogP contribution < -0.4 is 5.32 Å². The Labute approximate surface area is 300 Å². The van der Waals surface area contributed by atoms with Crippen LogP contribution in [-0.2, 0) is 10.8 Å². The molecule has 242 valence electrons. The van der Waals surface area contributed by atoms with Crippen LogP contribution >= 0.6 is 0 Å². The van der Waals surface area contributed by atoms with Crippen molar-refractivity contribution >= 4 is 11.4 Å². The number of fused-ring (bicyclic) bond motifs is 13. The minimum absolute atomic E-state index is 0.368. The predicted octanol–water partition coefficient (Wildman–Crippen LogP) is 12.6. The van der Waals surface area contributed by atoms with E-state index in [4.69, 9.17) is 0 Å². The van der Waals surface area contributed by atoms with Crippen LogP contribution in [0.25, 0.3) is 33.4 Å². The van der Waals surface area contributed by atoms with Crippen molar-refractivity contribution in [1.82, 2.24) is 0 Å². The summed E-state index contributed by atoms with van der Waals surface area (Å²) < 4.78 is 0. The number of rotatable bonds is 5. The molecule has 3 aliphatic rings. The van der Waals surface area contributed by atoms with Crippen LogP contribution in [0.5, 0.6) is 0 Å². The third kappa shape index (κ3) is 3.86. The first kappa shape index (κ1) is 29.7. The lowest BCUT2D eigenvalue weighted by Crippen LogP contribution is -2.28. The molecule has 1 unspecified atom stereocenters. The summed E-state index contributed by atoms with van der Waals surface area (Å²) in [5.41, 5.74) is 19.9. The van der Waals surface area contributed by atoms with Crippen molar-refractivity contribution in [1.29, 1.82) is 0 Å². The van der Waals surface area contributed by atoms with Gasteiger partial charge in [0.2, 0.25) is 0 Å². The fourth-order valence-corrected chi connectivity index (χ4v) is 9.78. The van der Waals surface area contributed by atoms with E-state index in [-0.39, 0.29) is 5.41 Å². The standard InChI is InChI=1S/C50H37N/c1-3-4-17-33(2)49(34-18-6-5-7-19-34)41-24-12-8-22-38(41)39-31-30-35(32-46(39)49)51-47-29-16-28-45-48(47)40-23-11-15-27-44(40)50(45)42-25-13-9-20-36(42)37-21-10-14-26-43(37)50/h3-32,51H,1-2H3/b4-3-,33-17+. The zero-order chi connectivity index (χ0) is 34.2. The van der Waals surface area contributed by atoms with E-state index in [1.54, 1.807) is 0 Å². The molecule has 0 saturated heterocycles. The number of benzene rings is 7. The molecule has 1 heteroatoms. The summed E-state index contributed by atoms with van der Waals surface area (Å²) in [7, 11) is 0. The number of allylic oxidation sites excluding steroid dienone is 4. The minimum Gasteiger partial charge on any atom is -0.355 e. The molecule has 1 nitrogen and oxygen atoms in total. The van der Waals surface area contributed by atoms with Crippen LogP contribution in [-0.4, -0.2) is 0 Å². The fraction of sp³-hybridized carbons (Fsp3) is 0.0800. The molecule has 0 aromatic heterocycles. The highest BCUT2D eigenvalue weighted by Crippen LogP contribution is 2.64. The summed E-state index contributed by atoms with van der Waals surface area (Å²) in [6.45, 7) is 4.37. The van der Waals surface area contributed by atoms with Gasteiger partial charge in [-0.25, -0.2) is 0 Å². The largest absolute Gasteiger partial charge is 0.355 e. The maximum atomic E-state index is 3.99. The third-order valence-electron chi connectivity index (χ3n) is 11.7. The van der Waals surface area contributed by atoms with Gasteiger partial charge in [0.15, 0.2) is 0 Å². The SMILES string of the molecule is C/C=C\C=C(/C)C1(c2ccccc2)c2ccccc2-c2ccc(Nc3cccc4c3-c3ccccc3C43c4ccccc4-c4ccccc43)cc21. The summed E-state index contributed by atoms with van der Waals surface area (Å²) in [6, 6.07) is 60.9. The molecule has 0 amide bonds. The van der Waals surface area contributed by atoms with Gasteiger partial charge in [-0.3, -0.25) is 0 Å². The van der Waals surface area contributed by atoms with Gasteiger partial charge in [-0.2, -0.15) is 0 Å². The molecule has 0 saturated carbocycles. The molecule has 7 aromatic carbocycles. The van der Waals surface area contributed by atoms with E-state index < -0.39 is 5.41 Å². The normalized spacial score (nSPS) is 17.1. The second kappa shape index (κ2) is 11.2. The summed E-state index contributed by atoms with van der Waals surface area (Å²) in [5.74, 6) is 0. The van der Waals surface area contributed by atoms with Crippen LogP contribution in [0.3, 0.4) is 0 Å². The monoisotopic (exact) mass is 651 g/mol. The molecule has 0 aliphatic heterocycles. The Morgan fingerprint density at radius 2 is 1.02 bits per heavy atom. The van der Waals surface area contributed by atoms with Crippen LogP contribution in [0.4, 0.5) is 11.4 Å². The Balaban J connectivity index is 1.19. The average molecular weight is 652 g/mol. The van der Waals surface area contributed by atoms with Gasteiger partial charge in [0, 0.05) is 16.9 Å². The zero-order valence-corrected chi connectivity index (χ0v) is 28.8. The number of anilines is 2. The van der Waals surface area contributed by atoms with Crippen molar-refractivity contribution in [2.45, 2.75) is 24.7 Å². The number of nitrogens with one attached hydrogen (secondary N) is 1. The van der Waals surface area contributed by atoms with Crippen molar-refractivity contribution in [3.8, 4) is 33.4 Å². The first-order valence-corrected chi connectivity index (χ1v) is 18.0. The summed E-state index contributed by atoms with van der Waals surface area (Å²) in [4.78, 5) is 0. The quantitative estimate of drug-likeness (QED) is 0.183. The van der Waals surface area contributed by atoms with Crippen LogP contribution in [0, 0.1) is 0 Å². The zero-order valence-electron chi connectivity index (χ0n) is 28.8. The average Bonchev–Trinajstić information content (AvgIpc) is 3.78. The summed E-state index contributed by atoms with van der Waals surface area (Å²) in [5, 5.41) is 3.99. The van der Waals surface area contributed by atoms with E-state index >= 15 is 0 Å². The topological polar surface area (TPSA) is 12.0 Å². The maximum Gasteiger partial charge on any atom is 0.0726 e. The smallest absolute Gasteiger partial charge is 0.0726 e. The molecule has 3 aliphatic carbocycles. The van der Waals surface area contributed by atoms with Gasteiger partial charge in [-0.05, 0) is 98.8 Å². The highest BCUT2D eigenvalue weighted by atomic mass is 14.9. The van der Waals surface area contributed by atoms with Crippen molar-refractivity contribution in [2.24, 2.45) is 0 Å². The molecule has 0 radical (unpaired) electrons. The van der Waals surface area contributed by atoms with Crippen molar-refractivity contribution in [2.75, 3.05) is 5.32 Å². The van der Waals surface area contributed by atoms with Crippen LogP contribution in [0.2, 0.25) is 0 Å². The third-order valence-corrected chi connectivity index (χ3v) is 11.7. The highest BCUT2D eigenvalue weighted by Gasteiger charge is 2.52. The first-order chi connectivity index (χ1) is 25.2. The molecule has 7 aromatic rings. The second-order valence-electron chi connectivity index (χ2n) is 14.0. The van der Waals surface area contributed by atoms with E-state index in [0.717, 1.165) is 11.4 Å². The van der Waals surface area contributed by atoms with E-state index in [1.165, 1.54) is 77.9 Å². The Morgan fingerprint density at radius 1 is 0.490 bits per heavy atom. The summed E-state index contributed by atoms with van der Waals surface area (Å²) in [6.07, 6.45) is 6.57. The van der Waals surface area contributed by atoms with Crippen molar-refractivity contribution in [3.05, 3.63) is 227 Å². The Hall–Kier alpha value is -6.18. The Morgan fingerprint density at radius 3 is 1.69 bits per heavy atom. The van der Waals surface area contributed by atoms with Gasteiger partial charge in [0.05, 0.1) is 10.8 Å². The van der Waals surface area contributed by atoms with E-state index in [0.29, 0.717) is 0 Å². The van der Waals surface area contributed by atoms with Gasteiger partial charge >= 0.3 is 0 Å².